The second-order valence-electron chi connectivity index (χ2n) is 3.60. The van der Waals surface area contributed by atoms with Crippen molar-refractivity contribution in [2.24, 2.45) is 0 Å². The summed E-state index contributed by atoms with van der Waals surface area (Å²) in [5.41, 5.74) is 1.91. The van der Waals surface area contributed by atoms with Crippen molar-refractivity contribution >= 4 is 33.9 Å². The number of benzene rings is 2. The molecule has 0 amide bonds. The molecule has 0 bridgehead atoms. The Hall–Kier alpha value is -1.67. The van der Waals surface area contributed by atoms with Crippen LogP contribution in [0.5, 0.6) is 5.75 Å². The maximum atomic E-state index is 9.82. The monoisotopic (exact) mass is 212 g/mol. The van der Waals surface area contributed by atoms with Gasteiger partial charge in [-0.2, -0.15) is 0 Å². The first-order chi connectivity index (χ1) is 7.27. The van der Waals surface area contributed by atoms with E-state index in [0.29, 0.717) is 4.86 Å². The molecule has 0 aromatic heterocycles. The average Bonchev–Trinajstić information content (AvgIpc) is 2.25. The first kappa shape index (κ1) is 8.62. The predicted molar refractivity (Wildman–Crippen MR) is 66.3 cm³/mol. The molecule has 0 aliphatic heterocycles. The summed E-state index contributed by atoms with van der Waals surface area (Å²) in [5.74, 6) is 0.268. The molecular formula is C13H8OS. The highest BCUT2D eigenvalue weighted by molar-refractivity contribution is 7.81. The predicted octanol–water partition coefficient (Wildman–Crippen LogP) is 3.29. The van der Waals surface area contributed by atoms with Crippen LogP contribution >= 0.6 is 12.2 Å². The highest BCUT2D eigenvalue weighted by Gasteiger charge is 2.15. The highest BCUT2D eigenvalue weighted by atomic mass is 32.1. The van der Waals surface area contributed by atoms with Gasteiger partial charge in [-0.1, -0.05) is 42.6 Å². The molecule has 2 aromatic rings. The maximum absolute atomic E-state index is 9.82. The lowest BCUT2D eigenvalue weighted by atomic mass is 9.92. The van der Waals surface area contributed by atoms with Gasteiger partial charge in [0.05, 0.1) is 0 Å². The van der Waals surface area contributed by atoms with Crippen molar-refractivity contribution in [3.8, 4) is 5.75 Å². The second-order valence-corrected chi connectivity index (χ2v) is 4.04. The Kier molecular flexibility index (Phi) is 1.67. The highest BCUT2D eigenvalue weighted by Crippen LogP contribution is 2.34. The van der Waals surface area contributed by atoms with E-state index in [2.05, 4.69) is 0 Å². The van der Waals surface area contributed by atoms with Gasteiger partial charge in [-0.3, -0.25) is 0 Å². The molecule has 1 aliphatic carbocycles. The third-order valence-corrected chi connectivity index (χ3v) is 3.06. The Morgan fingerprint density at radius 3 is 2.73 bits per heavy atom. The molecule has 0 heterocycles. The summed E-state index contributed by atoms with van der Waals surface area (Å²) in [6.45, 7) is 0. The van der Waals surface area contributed by atoms with E-state index >= 15 is 0 Å². The first-order valence-electron chi connectivity index (χ1n) is 4.74. The molecule has 0 radical (unpaired) electrons. The molecule has 1 N–H and O–H groups in total. The van der Waals surface area contributed by atoms with E-state index in [1.54, 1.807) is 6.07 Å². The van der Waals surface area contributed by atoms with E-state index < -0.39 is 0 Å². The lowest BCUT2D eigenvalue weighted by molar-refractivity contribution is 0.475. The van der Waals surface area contributed by atoms with Gasteiger partial charge in [0.1, 0.15) is 5.75 Å². The number of phenols is 1. The first-order valence-corrected chi connectivity index (χ1v) is 5.15. The van der Waals surface area contributed by atoms with Gasteiger partial charge in [-0.15, -0.1) is 0 Å². The molecule has 0 saturated heterocycles. The van der Waals surface area contributed by atoms with Gasteiger partial charge in [-0.05, 0) is 23.1 Å². The van der Waals surface area contributed by atoms with Crippen LogP contribution in [0.1, 0.15) is 11.1 Å². The van der Waals surface area contributed by atoms with Gasteiger partial charge < -0.3 is 5.11 Å². The minimum Gasteiger partial charge on any atom is -0.507 e. The van der Waals surface area contributed by atoms with Crippen molar-refractivity contribution in [2.45, 2.75) is 0 Å². The lowest BCUT2D eigenvalue weighted by Gasteiger charge is -2.14. The van der Waals surface area contributed by atoms with Gasteiger partial charge in [0.2, 0.25) is 0 Å². The van der Waals surface area contributed by atoms with Crippen LogP contribution < -0.4 is 0 Å². The van der Waals surface area contributed by atoms with Crippen molar-refractivity contribution in [3.63, 3.8) is 0 Å². The third kappa shape index (κ3) is 1.12. The number of aromatic hydroxyl groups is 1. The SMILES string of the molecule is Oc1ccc2cccc3c2c1C(=S)C=C3. The van der Waals surface area contributed by atoms with Crippen LogP contribution in [-0.4, -0.2) is 9.97 Å². The number of hydrogen-bond donors (Lipinski definition) is 1. The number of phenolic OH excluding ortho intramolecular Hbond substituents is 1. The Morgan fingerprint density at radius 1 is 1.00 bits per heavy atom. The fourth-order valence-corrected chi connectivity index (χ4v) is 2.31. The fourth-order valence-electron chi connectivity index (χ4n) is 2.03. The van der Waals surface area contributed by atoms with Crippen LogP contribution in [0.2, 0.25) is 0 Å². The van der Waals surface area contributed by atoms with Crippen molar-refractivity contribution in [2.75, 3.05) is 0 Å². The van der Waals surface area contributed by atoms with Crippen LogP contribution in [0.4, 0.5) is 0 Å². The summed E-state index contributed by atoms with van der Waals surface area (Å²) >= 11 is 5.23. The largest absolute Gasteiger partial charge is 0.507 e. The van der Waals surface area contributed by atoms with Gasteiger partial charge in [0.15, 0.2) is 0 Å². The van der Waals surface area contributed by atoms with Crippen molar-refractivity contribution < 1.29 is 5.11 Å². The summed E-state index contributed by atoms with van der Waals surface area (Å²) < 4.78 is 0. The Bertz CT molecular complexity index is 611. The third-order valence-electron chi connectivity index (χ3n) is 2.72. The van der Waals surface area contributed by atoms with Crippen molar-refractivity contribution in [1.82, 2.24) is 0 Å². The lowest BCUT2D eigenvalue weighted by Crippen LogP contribution is -2.00. The van der Waals surface area contributed by atoms with Crippen LogP contribution in [0.15, 0.2) is 36.4 Å². The Morgan fingerprint density at radius 2 is 1.87 bits per heavy atom. The molecule has 2 aromatic carbocycles. The minimum atomic E-state index is 0.268. The van der Waals surface area contributed by atoms with E-state index in [9.17, 15) is 5.11 Å². The smallest absolute Gasteiger partial charge is 0.124 e. The van der Waals surface area contributed by atoms with Gasteiger partial charge >= 0.3 is 0 Å². The molecule has 15 heavy (non-hydrogen) atoms. The van der Waals surface area contributed by atoms with Crippen LogP contribution in [-0.2, 0) is 0 Å². The summed E-state index contributed by atoms with van der Waals surface area (Å²) in [6, 6.07) is 9.69. The zero-order valence-corrected chi connectivity index (χ0v) is 8.71. The van der Waals surface area contributed by atoms with Gasteiger partial charge in [-0.25, -0.2) is 0 Å². The Labute approximate surface area is 92.7 Å². The molecule has 0 saturated carbocycles. The van der Waals surface area contributed by atoms with Crippen LogP contribution in [0.3, 0.4) is 0 Å². The molecule has 2 heteroatoms. The molecule has 0 unspecified atom stereocenters. The Balaban J connectivity index is 2.60. The van der Waals surface area contributed by atoms with E-state index in [1.807, 2.05) is 36.4 Å². The van der Waals surface area contributed by atoms with Crippen LogP contribution in [0, 0.1) is 0 Å². The van der Waals surface area contributed by atoms with E-state index in [1.165, 1.54) is 0 Å². The molecule has 1 aliphatic rings. The maximum Gasteiger partial charge on any atom is 0.124 e. The fraction of sp³-hybridized carbons (Fsp3) is 0. The zero-order valence-electron chi connectivity index (χ0n) is 7.90. The number of thiocarbonyl (C=S) groups is 1. The van der Waals surface area contributed by atoms with Crippen molar-refractivity contribution in [3.05, 3.63) is 47.5 Å². The van der Waals surface area contributed by atoms with E-state index in [4.69, 9.17) is 12.2 Å². The molecule has 3 rings (SSSR count). The van der Waals surface area contributed by atoms with Crippen molar-refractivity contribution in [1.29, 1.82) is 0 Å². The molecule has 72 valence electrons. The minimum absolute atomic E-state index is 0.268. The number of allylic oxidation sites excluding steroid dienone is 1. The van der Waals surface area contributed by atoms with Gasteiger partial charge in [0.25, 0.3) is 0 Å². The van der Waals surface area contributed by atoms with E-state index in [-0.39, 0.29) is 5.75 Å². The molecule has 0 spiro atoms. The number of rotatable bonds is 0. The quantitative estimate of drug-likeness (QED) is 0.676. The molecule has 0 fully saturated rings. The van der Waals surface area contributed by atoms with E-state index in [0.717, 1.165) is 21.9 Å². The molecular weight excluding hydrogens is 204 g/mol. The summed E-state index contributed by atoms with van der Waals surface area (Å²) in [5, 5.41) is 12.0. The van der Waals surface area contributed by atoms with Crippen LogP contribution in [0.25, 0.3) is 16.8 Å². The van der Waals surface area contributed by atoms with Gasteiger partial charge in [0, 0.05) is 15.8 Å². The standard InChI is InChI=1S/C13H8OS/c14-10-6-4-8-2-1-3-9-5-7-11(15)13(10)12(8)9/h1-7,14H. The topological polar surface area (TPSA) is 20.2 Å². The molecule has 0 atom stereocenters. The normalized spacial score (nSPS) is 13.5. The molecule has 1 nitrogen and oxygen atoms in total. The summed E-state index contributed by atoms with van der Waals surface area (Å²) in [4.78, 5) is 0.705. The zero-order chi connectivity index (χ0) is 10.4. The summed E-state index contributed by atoms with van der Waals surface area (Å²) in [6.07, 6.45) is 3.86. The second kappa shape index (κ2) is 2.91. The number of hydrogen-bond acceptors (Lipinski definition) is 2. The summed E-state index contributed by atoms with van der Waals surface area (Å²) in [7, 11) is 0. The average molecular weight is 212 g/mol.